The average molecular weight is 311 g/mol. The Morgan fingerprint density at radius 1 is 1.43 bits per heavy atom. The van der Waals surface area contributed by atoms with Crippen molar-refractivity contribution in [3.63, 3.8) is 0 Å². The van der Waals surface area contributed by atoms with Crippen molar-refractivity contribution in [2.75, 3.05) is 0 Å². The molecule has 1 atom stereocenters. The van der Waals surface area contributed by atoms with Gasteiger partial charge in [0.25, 0.3) is 0 Å². The molecule has 6 heteroatoms. The molecular formula is C15H20ClFN4. The summed E-state index contributed by atoms with van der Waals surface area (Å²) in [5.41, 5.74) is 6.14. The molecular weight excluding hydrogens is 291 g/mol. The number of nitrogens with one attached hydrogen (secondary N) is 1. The molecule has 3 N–H and O–H groups in total. The third kappa shape index (κ3) is 3.43. The molecule has 0 spiro atoms. The lowest BCUT2D eigenvalue weighted by Crippen LogP contribution is -2.30. The van der Waals surface area contributed by atoms with E-state index in [9.17, 15) is 4.39 Å². The van der Waals surface area contributed by atoms with E-state index in [0.717, 1.165) is 28.9 Å². The van der Waals surface area contributed by atoms with Crippen LogP contribution in [0.25, 0.3) is 0 Å². The molecule has 4 nitrogen and oxygen atoms in total. The van der Waals surface area contributed by atoms with Gasteiger partial charge in [-0.1, -0.05) is 24.6 Å². The van der Waals surface area contributed by atoms with Crippen LogP contribution in [0.3, 0.4) is 0 Å². The summed E-state index contributed by atoms with van der Waals surface area (Å²) in [6, 6.07) is 4.67. The van der Waals surface area contributed by atoms with Gasteiger partial charge in [-0.3, -0.25) is 16.0 Å². The van der Waals surface area contributed by atoms with E-state index in [1.807, 2.05) is 27.0 Å². The Balaban J connectivity index is 2.33. The number of rotatable bonds is 5. The fourth-order valence-electron chi connectivity index (χ4n) is 2.47. The molecule has 0 fully saturated rings. The van der Waals surface area contributed by atoms with Crippen LogP contribution >= 0.6 is 11.6 Å². The summed E-state index contributed by atoms with van der Waals surface area (Å²) in [4.78, 5) is 0. The summed E-state index contributed by atoms with van der Waals surface area (Å²) in [5.74, 6) is 5.38. The number of nitrogens with zero attached hydrogens (tertiary/aromatic N) is 2. The molecule has 1 aromatic carbocycles. The lowest BCUT2D eigenvalue weighted by Gasteiger charge is -2.17. The van der Waals surface area contributed by atoms with Crippen molar-refractivity contribution in [3.05, 3.63) is 51.6 Å². The van der Waals surface area contributed by atoms with Crippen LogP contribution in [-0.2, 0) is 19.9 Å². The van der Waals surface area contributed by atoms with Crippen molar-refractivity contribution >= 4 is 11.6 Å². The summed E-state index contributed by atoms with van der Waals surface area (Å²) in [6.07, 6.45) is 1.31. The Morgan fingerprint density at radius 2 is 2.14 bits per heavy atom. The summed E-state index contributed by atoms with van der Waals surface area (Å²) in [7, 11) is 1.85. The minimum absolute atomic E-state index is 0.225. The highest BCUT2D eigenvalue weighted by Gasteiger charge is 2.19. The van der Waals surface area contributed by atoms with Crippen molar-refractivity contribution in [2.24, 2.45) is 12.9 Å². The van der Waals surface area contributed by atoms with Gasteiger partial charge in [-0.15, -0.1) is 0 Å². The van der Waals surface area contributed by atoms with E-state index in [4.69, 9.17) is 17.4 Å². The highest BCUT2D eigenvalue weighted by atomic mass is 35.5. The number of hydrazine groups is 1. The molecule has 0 saturated carbocycles. The molecule has 0 bridgehead atoms. The molecule has 0 amide bonds. The summed E-state index contributed by atoms with van der Waals surface area (Å²) in [5, 5.41) is 5.05. The molecule has 1 heterocycles. The number of aryl methyl sites for hydroxylation is 3. The fourth-order valence-corrected chi connectivity index (χ4v) is 2.84. The van der Waals surface area contributed by atoms with Crippen LogP contribution in [-0.4, -0.2) is 9.78 Å². The minimum atomic E-state index is -0.268. The van der Waals surface area contributed by atoms with Gasteiger partial charge >= 0.3 is 0 Å². The van der Waals surface area contributed by atoms with E-state index in [2.05, 4.69) is 10.5 Å². The smallest absolute Gasteiger partial charge is 0.123 e. The zero-order valence-corrected chi connectivity index (χ0v) is 13.2. The molecule has 1 aromatic heterocycles. The summed E-state index contributed by atoms with van der Waals surface area (Å²) >= 11 is 6.35. The van der Waals surface area contributed by atoms with Crippen molar-refractivity contribution in [1.29, 1.82) is 0 Å². The van der Waals surface area contributed by atoms with Gasteiger partial charge < -0.3 is 0 Å². The van der Waals surface area contributed by atoms with Crippen LogP contribution in [0.5, 0.6) is 0 Å². The Hall–Kier alpha value is -1.43. The molecule has 0 saturated heterocycles. The number of benzene rings is 1. The topological polar surface area (TPSA) is 55.9 Å². The van der Waals surface area contributed by atoms with Gasteiger partial charge in [0.05, 0.1) is 22.5 Å². The first-order valence-electron chi connectivity index (χ1n) is 6.89. The van der Waals surface area contributed by atoms with Crippen LogP contribution in [0.15, 0.2) is 18.2 Å². The third-order valence-electron chi connectivity index (χ3n) is 3.57. The number of hydrogen-bond donors (Lipinski definition) is 2. The number of aromatic nitrogens is 2. The first kappa shape index (κ1) is 15.9. The van der Waals surface area contributed by atoms with E-state index < -0.39 is 0 Å². The number of nitrogens with two attached hydrogens (primary N) is 1. The Labute approximate surface area is 129 Å². The Bertz CT molecular complexity index is 619. The van der Waals surface area contributed by atoms with E-state index in [1.165, 1.54) is 12.1 Å². The SMILES string of the molecule is CCc1nn(C)c(CC(NN)c2cc(C)cc(F)c2)c1Cl. The lowest BCUT2D eigenvalue weighted by molar-refractivity contribution is 0.524. The molecule has 114 valence electrons. The van der Waals surface area contributed by atoms with Crippen molar-refractivity contribution in [2.45, 2.75) is 32.7 Å². The minimum Gasteiger partial charge on any atom is -0.271 e. The molecule has 1 unspecified atom stereocenters. The second-order valence-corrected chi connectivity index (χ2v) is 5.55. The van der Waals surface area contributed by atoms with Gasteiger partial charge in [0.1, 0.15) is 5.82 Å². The third-order valence-corrected chi connectivity index (χ3v) is 4.00. The normalized spacial score (nSPS) is 12.7. The van der Waals surface area contributed by atoms with Crippen LogP contribution in [0.2, 0.25) is 5.02 Å². The van der Waals surface area contributed by atoms with Crippen LogP contribution < -0.4 is 11.3 Å². The monoisotopic (exact) mass is 310 g/mol. The second-order valence-electron chi connectivity index (χ2n) is 5.17. The van der Waals surface area contributed by atoms with E-state index in [-0.39, 0.29) is 11.9 Å². The maximum absolute atomic E-state index is 13.6. The van der Waals surface area contributed by atoms with Gasteiger partial charge in [-0.05, 0) is 36.6 Å². The summed E-state index contributed by atoms with van der Waals surface area (Å²) in [6.45, 7) is 3.86. The zero-order chi connectivity index (χ0) is 15.6. The van der Waals surface area contributed by atoms with Crippen LogP contribution in [0.4, 0.5) is 4.39 Å². The maximum Gasteiger partial charge on any atom is 0.123 e. The number of halogens is 2. The largest absolute Gasteiger partial charge is 0.271 e. The Morgan fingerprint density at radius 3 is 2.67 bits per heavy atom. The van der Waals surface area contributed by atoms with Crippen molar-refractivity contribution < 1.29 is 4.39 Å². The predicted molar refractivity (Wildman–Crippen MR) is 82.5 cm³/mol. The first-order chi connectivity index (χ1) is 9.96. The van der Waals surface area contributed by atoms with Gasteiger partial charge in [0.2, 0.25) is 0 Å². The van der Waals surface area contributed by atoms with E-state index in [0.29, 0.717) is 11.4 Å². The second kappa shape index (κ2) is 6.56. The molecule has 0 radical (unpaired) electrons. The lowest BCUT2D eigenvalue weighted by atomic mass is 10.00. The molecule has 0 aliphatic carbocycles. The number of hydrogen-bond acceptors (Lipinski definition) is 3. The van der Waals surface area contributed by atoms with Gasteiger partial charge in [0, 0.05) is 13.5 Å². The standard InChI is InChI=1S/C15H20ClFN4/c1-4-12-15(16)14(21(3)20-12)8-13(19-18)10-5-9(2)6-11(17)7-10/h5-7,13,19H,4,8,18H2,1-3H3. The predicted octanol–water partition coefficient (Wildman–Crippen LogP) is 2.83. The Kier molecular flexibility index (Phi) is 4.98. The fraction of sp³-hybridized carbons (Fsp3) is 0.400. The molecule has 2 rings (SSSR count). The van der Waals surface area contributed by atoms with Gasteiger partial charge in [-0.25, -0.2) is 4.39 Å². The first-order valence-corrected chi connectivity index (χ1v) is 7.27. The molecule has 0 aliphatic heterocycles. The van der Waals surface area contributed by atoms with Crippen molar-refractivity contribution in [3.8, 4) is 0 Å². The zero-order valence-electron chi connectivity index (χ0n) is 12.5. The van der Waals surface area contributed by atoms with Crippen LogP contribution in [0, 0.1) is 12.7 Å². The van der Waals surface area contributed by atoms with Gasteiger partial charge in [-0.2, -0.15) is 5.10 Å². The van der Waals surface area contributed by atoms with Gasteiger partial charge in [0.15, 0.2) is 0 Å². The van der Waals surface area contributed by atoms with E-state index >= 15 is 0 Å². The highest BCUT2D eigenvalue weighted by molar-refractivity contribution is 6.31. The molecule has 21 heavy (non-hydrogen) atoms. The van der Waals surface area contributed by atoms with E-state index in [1.54, 1.807) is 4.68 Å². The summed E-state index contributed by atoms with van der Waals surface area (Å²) < 4.78 is 15.3. The van der Waals surface area contributed by atoms with Crippen molar-refractivity contribution in [1.82, 2.24) is 15.2 Å². The highest BCUT2D eigenvalue weighted by Crippen LogP contribution is 2.26. The van der Waals surface area contributed by atoms with Crippen LogP contribution in [0.1, 0.15) is 35.5 Å². The molecule has 0 aliphatic rings. The maximum atomic E-state index is 13.6. The molecule has 2 aromatic rings. The quantitative estimate of drug-likeness (QED) is 0.659. The average Bonchev–Trinajstić information content (AvgIpc) is 2.70.